The highest BCUT2D eigenvalue weighted by atomic mass is 16.5. The van der Waals surface area contributed by atoms with Crippen LogP contribution >= 0.6 is 0 Å². The molecule has 1 saturated heterocycles. The van der Waals surface area contributed by atoms with E-state index in [-0.39, 0.29) is 36.7 Å². The van der Waals surface area contributed by atoms with Crippen LogP contribution in [-0.4, -0.2) is 52.0 Å². The maximum atomic E-state index is 12.9. The molecule has 2 aromatic rings. The maximum Gasteiger partial charge on any atom is 0.295 e. The molecule has 0 spiro atoms. The minimum Gasteiger partial charge on any atom is -0.507 e. The first kappa shape index (κ1) is 22.5. The van der Waals surface area contributed by atoms with Gasteiger partial charge in [-0.1, -0.05) is 0 Å². The van der Waals surface area contributed by atoms with Gasteiger partial charge >= 0.3 is 0 Å². The van der Waals surface area contributed by atoms with Crippen molar-refractivity contribution in [3.8, 4) is 5.75 Å². The number of ether oxygens (including phenoxy) is 2. The number of benzene rings is 1. The molecule has 1 atom stereocenters. The van der Waals surface area contributed by atoms with Crippen LogP contribution in [-0.2, 0) is 14.3 Å². The predicted molar refractivity (Wildman–Crippen MR) is 117 cm³/mol. The summed E-state index contributed by atoms with van der Waals surface area (Å²) >= 11 is 0. The molecule has 1 aliphatic rings. The molecule has 1 fully saturated rings. The lowest BCUT2D eigenvalue weighted by Crippen LogP contribution is -2.33. The average molecular weight is 424 g/mol. The third-order valence-corrected chi connectivity index (χ3v) is 4.84. The summed E-state index contributed by atoms with van der Waals surface area (Å²) in [5.74, 6) is -0.936. The molecule has 0 bridgehead atoms. The van der Waals surface area contributed by atoms with Crippen molar-refractivity contribution in [3.63, 3.8) is 0 Å². The third kappa shape index (κ3) is 5.11. The summed E-state index contributed by atoms with van der Waals surface area (Å²) < 4.78 is 11.2. The molecule has 2 heterocycles. The predicted octanol–water partition coefficient (Wildman–Crippen LogP) is 3.72. The highest BCUT2D eigenvalue weighted by Gasteiger charge is 2.45. The van der Waals surface area contributed by atoms with E-state index in [1.807, 2.05) is 27.7 Å². The van der Waals surface area contributed by atoms with Crippen molar-refractivity contribution in [2.45, 2.75) is 45.9 Å². The van der Waals surface area contributed by atoms with E-state index < -0.39 is 17.7 Å². The Balaban J connectivity index is 2.01. The van der Waals surface area contributed by atoms with Crippen LogP contribution in [0.1, 0.15) is 44.9 Å². The summed E-state index contributed by atoms with van der Waals surface area (Å²) in [6.07, 6.45) is 3.21. The van der Waals surface area contributed by atoms with Crippen LogP contribution in [0.2, 0.25) is 0 Å². The van der Waals surface area contributed by atoms with Crippen LogP contribution in [0.25, 0.3) is 5.76 Å². The number of likely N-dealkylation sites (tertiary alicyclic amines) is 1. The quantitative estimate of drug-likeness (QED) is 0.395. The number of aliphatic hydroxyl groups excluding tert-OH is 1. The second-order valence-corrected chi connectivity index (χ2v) is 7.88. The molecule has 1 aromatic carbocycles. The minimum absolute atomic E-state index is 0.00256. The van der Waals surface area contributed by atoms with Crippen molar-refractivity contribution in [3.05, 3.63) is 65.5 Å². The largest absolute Gasteiger partial charge is 0.507 e. The van der Waals surface area contributed by atoms with Crippen LogP contribution in [0.4, 0.5) is 0 Å². The Morgan fingerprint density at radius 2 is 1.68 bits per heavy atom. The summed E-state index contributed by atoms with van der Waals surface area (Å²) in [4.78, 5) is 31.2. The van der Waals surface area contributed by atoms with Gasteiger partial charge in [0.2, 0.25) is 0 Å². The van der Waals surface area contributed by atoms with Gasteiger partial charge in [-0.25, -0.2) is 0 Å². The molecule has 0 aliphatic carbocycles. The number of amides is 1. The number of ketones is 1. The normalized spacial score (nSPS) is 18.3. The van der Waals surface area contributed by atoms with Gasteiger partial charge in [-0.05, 0) is 69.7 Å². The van der Waals surface area contributed by atoms with Gasteiger partial charge in [-0.15, -0.1) is 0 Å². The fraction of sp³-hybridized carbons (Fsp3) is 0.375. The number of aliphatic hydroxyl groups is 1. The molecule has 0 saturated carbocycles. The number of carbonyl (C=O) groups excluding carboxylic acids is 2. The lowest BCUT2D eigenvalue weighted by atomic mass is 9.96. The van der Waals surface area contributed by atoms with Gasteiger partial charge in [0.25, 0.3) is 11.7 Å². The number of pyridine rings is 1. The summed E-state index contributed by atoms with van der Waals surface area (Å²) in [5.41, 5.74) is 1.19. The molecular formula is C24H28N2O5. The topological polar surface area (TPSA) is 89.0 Å². The fourth-order valence-electron chi connectivity index (χ4n) is 3.51. The number of hydrogen-bond donors (Lipinski definition) is 1. The third-order valence-electron chi connectivity index (χ3n) is 4.84. The summed E-state index contributed by atoms with van der Waals surface area (Å²) in [5, 5.41) is 11.0. The first-order valence-electron chi connectivity index (χ1n) is 10.4. The van der Waals surface area contributed by atoms with Crippen molar-refractivity contribution in [1.82, 2.24) is 9.88 Å². The zero-order chi connectivity index (χ0) is 22.5. The molecule has 164 valence electrons. The maximum absolute atomic E-state index is 12.9. The SMILES string of the molecule is CC(C)OCCN1C(=O)C(=O)/C(=C(\O)c2ccc(OC(C)C)cc2)C1c1ccncc1. The highest BCUT2D eigenvalue weighted by Crippen LogP contribution is 2.39. The second-order valence-electron chi connectivity index (χ2n) is 7.88. The number of Topliss-reactive ketones (excluding diaryl/α,β-unsaturated/α-hetero) is 1. The zero-order valence-electron chi connectivity index (χ0n) is 18.2. The Bertz CT molecular complexity index is 952. The number of nitrogens with zero attached hydrogens (tertiary/aromatic N) is 2. The van der Waals surface area contributed by atoms with Crippen LogP contribution < -0.4 is 4.74 Å². The van der Waals surface area contributed by atoms with Gasteiger partial charge < -0.3 is 19.5 Å². The Hall–Kier alpha value is -3.19. The lowest BCUT2D eigenvalue weighted by Gasteiger charge is -2.25. The molecule has 3 rings (SSSR count). The smallest absolute Gasteiger partial charge is 0.295 e. The van der Waals surface area contributed by atoms with E-state index in [0.29, 0.717) is 16.9 Å². The Morgan fingerprint density at radius 1 is 1.03 bits per heavy atom. The lowest BCUT2D eigenvalue weighted by molar-refractivity contribution is -0.140. The number of hydrogen-bond acceptors (Lipinski definition) is 6. The number of aromatic nitrogens is 1. The van der Waals surface area contributed by atoms with E-state index >= 15 is 0 Å². The summed E-state index contributed by atoms with van der Waals surface area (Å²) in [6.45, 7) is 8.17. The van der Waals surface area contributed by atoms with Gasteiger partial charge in [0.05, 0.1) is 30.4 Å². The molecule has 1 unspecified atom stereocenters. The first-order chi connectivity index (χ1) is 14.8. The highest BCUT2D eigenvalue weighted by molar-refractivity contribution is 6.46. The Labute approximate surface area is 182 Å². The molecule has 1 N–H and O–H groups in total. The van der Waals surface area contributed by atoms with Crippen LogP contribution in [0.5, 0.6) is 5.75 Å². The van der Waals surface area contributed by atoms with Gasteiger partial charge in [-0.3, -0.25) is 14.6 Å². The van der Waals surface area contributed by atoms with E-state index in [0.717, 1.165) is 0 Å². The first-order valence-corrected chi connectivity index (χ1v) is 10.4. The minimum atomic E-state index is -0.717. The fourth-order valence-corrected chi connectivity index (χ4v) is 3.51. The van der Waals surface area contributed by atoms with Crippen LogP contribution in [0, 0.1) is 0 Å². The van der Waals surface area contributed by atoms with Gasteiger partial charge in [0, 0.05) is 24.5 Å². The summed E-state index contributed by atoms with van der Waals surface area (Å²) in [7, 11) is 0. The zero-order valence-corrected chi connectivity index (χ0v) is 18.2. The molecule has 1 aliphatic heterocycles. The van der Waals surface area contributed by atoms with E-state index in [4.69, 9.17) is 9.47 Å². The molecule has 1 amide bonds. The molecule has 7 heteroatoms. The van der Waals surface area contributed by atoms with Crippen molar-refractivity contribution in [2.24, 2.45) is 0 Å². The van der Waals surface area contributed by atoms with E-state index in [1.54, 1.807) is 48.8 Å². The molecular weight excluding hydrogens is 396 g/mol. The van der Waals surface area contributed by atoms with E-state index in [2.05, 4.69) is 4.98 Å². The van der Waals surface area contributed by atoms with Crippen molar-refractivity contribution in [1.29, 1.82) is 0 Å². The molecule has 1 aromatic heterocycles. The number of rotatable bonds is 8. The monoisotopic (exact) mass is 424 g/mol. The van der Waals surface area contributed by atoms with Crippen molar-refractivity contribution < 1.29 is 24.2 Å². The van der Waals surface area contributed by atoms with Gasteiger partial charge in [-0.2, -0.15) is 0 Å². The number of carbonyl (C=O) groups is 2. The molecule has 31 heavy (non-hydrogen) atoms. The van der Waals surface area contributed by atoms with Crippen molar-refractivity contribution >= 4 is 17.4 Å². The second kappa shape index (κ2) is 9.75. The summed E-state index contributed by atoms with van der Waals surface area (Å²) in [6, 6.07) is 9.55. The van der Waals surface area contributed by atoms with E-state index in [9.17, 15) is 14.7 Å². The average Bonchev–Trinajstić information content (AvgIpc) is 2.99. The van der Waals surface area contributed by atoms with Gasteiger partial charge in [0.1, 0.15) is 11.5 Å². The van der Waals surface area contributed by atoms with Crippen LogP contribution in [0.15, 0.2) is 54.4 Å². The Morgan fingerprint density at radius 3 is 2.26 bits per heavy atom. The van der Waals surface area contributed by atoms with E-state index in [1.165, 1.54) is 4.90 Å². The Kier molecular flexibility index (Phi) is 7.07. The molecule has 7 nitrogen and oxygen atoms in total. The van der Waals surface area contributed by atoms with Gasteiger partial charge in [0.15, 0.2) is 0 Å². The van der Waals surface area contributed by atoms with Crippen LogP contribution in [0.3, 0.4) is 0 Å². The molecule has 0 radical (unpaired) electrons. The standard InChI is InChI=1S/C24H28N2O5/c1-15(2)30-14-13-26-21(17-9-11-25-12-10-17)20(23(28)24(26)29)22(27)18-5-7-19(8-6-18)31-16(3)4/h5-12,15-16,21,27H,13-14H2,1-4H3/b22-20-. The van der Waals surface area contributed by atoms with Crippen molar-refractivity contribution in [2.75, 3.05) is 13.2 Å².